The predicted molar refractivity (Wildman–Crippen MR) is 73.7 cm³/mol. The molecule has 0 heterocycles. The summed E-state index contributed by atoms with van der Waals surface area (Å²) >= 11 is 3.34. The molecule has 0 bridgehead atoms. The van der Waals surface area contributed by atoms with Crippen molar-refractivity contribution in [1.29, 1.82) is 0 Å². The summed E-state index contributed by atoms with van der Waals surface area (Å²) in [5.41, 5.74) is 0.799. The first-order chi connectivity index (χ1) is 8.22. The van der Waals surface area contributed by atoms with Gasteiger partial charge in [0, 0.05) is 23.1 Å². The number of carbonyl (C=O) groups is 1. The molecule has 0 saturated heterocycles. The van der Waals surface area contributed by atoms with Gasteiger partial charge in [0.1, 0.15) is 0 Å². The van der Waals surface area contributed by atoms with Crippen LogP contribution in [0.2, 0.25) is 0 Å². The number of anilines is 1. The van der Waals surface area contributed by atoms with Crippen molar-refractivity contribution in [2.24, 2.45) is 0 Å². The summed E-state index contributed by atoms with van der Waals surface area (Å²) in [6.45, 7) is 2.84. The molecular formula is C13H15BrN2O. The molecule has 3 nitrogen and oxygen atoms in total. The van der Waals surface area contributed by atoms with Crippen LogP contribution in [-0.2, 0) is 4.79 Å². The third kappa shape index (κ3) is 6.10. The molecular weight excluding hydrogens is 280 g/mol. The van der Waals surface area contributed by atoms with Gasteiger partial charge in [0.05, 0.1) is 6.54 Å². The molecule has 1 aromatic rings. The van der Waals surface area contributed by atoms with E-state index < -0.39 is 0 Å². The van der Waals surface area contributed by atoms with E-state index in [9.17, 15) is 4.79 Å². The zero-order valence-corrected chi connectivity index (χ0v) is 11.3. The van der Waals surface area contributed by atoms with E-state index in [2.05, 4.69) is 38.4 Å². The molecule has 0 radical (unpaired) electrons. The summed E-state index contributed by atoms with van der Waals surface area (Å²) in [5.74, 6) is 5.69. The van der Waals surface area contributed by atoms with Crippen molar-refractivity contribution in [2.75, 3.05) is 18.4 Å². The molecule has 0 aliphatic heterocycles. The Morgan fingerprint density at radius 2 is 2.06 bits per heavy atom. The first kappa shape index (κ1) is 13.8. The second-order valence-electron chi connectivity index (χ2n) is 3.41. The fourth-order valence-corrected chi connectivity index (χ4v) is 1.48. The van der Waals surface area contributed by atoms with E-state index >= 15 is 0 Å². The minimum Gasteiger partial charge on any atom is -0.325 e. The molecule has 2 N–H and O–H groups in total. The van der Waals surface area contributed by atoms with E-state index in [1.54, 1.807) is 6.92 Å². The normalized spacial score (nSPS) is 9.29. The molecule has 0 aliphatic carbocycles. The Hall–Kier alpha value is -1.31. The Morgan fingerprint density at radius 1 is 1.35 bits per heavy atom. The quantitative estimate of drug-likeness (QED) is 0.647. The van der Waals surface area contributed by atoms with E-state index in [-0.39, 0.29) is 5.91 Å². The fourth-order valence-electron chi connectivity index (χ4n) is 1.22. The van der Waals surface area contributed by atoms with Gasteiger partial charge in [-0.3, -0.25) is 4.79 Å². The average Bonchev–Trinajstić information content (AvgIpc) is 2.32. The summed E-state index contributed by atoms with van der Waals surface area (Å²) in [6, 6.07) is 7.48. The molecule has 90 valence electrons. The van der Waals surface area contributed by atoms with Crippen molar-refractivity contribution in [3.05, 3.63) is 28.7 Å². The Labute approximate surface area is 110 Å². The van der Waals surface area contributed by atoms with Crippen LogP contribution in [0.3, 0.4) is 0 Å². The minimum atomic E-state index is -0.0446. The van der Waals surface area contributed by atoms with Gasteiger partial charge in [-0.15, -0.1) is 11.8 Å². The lowest BCUT2D eigenvalue weighted by Gasteiger charge is -2.05. The highest BCUT2D eigenvalue weighted by Crippen LogP contribution is 2.13. The number of carbonyl (C=O) groups excluding carboxylic acids is 1. The molecule has 0 aliphatic rings. The average molecular weight is 295 g/mol. The molecule has 4 heteroatoms. The number of benzene rings is 1. The Kier molecular flexibility index (Phi) is 6.38. The second-order valence-corrected chi connectivity index (χ2v) is 4.32. The number of nitrogens with one attached hydrogen (secondary N) is 2. The Balaban J connectivity index is 2.24. The van der Waals surface area contributed by atoms with Gasteiger partial charge in [-0.25, -0.2) is 0 Å². The summed E-state index contributed by atoms with van der Waals surface area (Å²) in [7, 11) is 0. The zero-order chi connectivity index (χ0) is 12.5. The number of halogens is 1. The molecule has 0 atom stereocenters. The van der Waals surface area contributed by atoms with Crippen LogP contribution in [0.15, 0.2) is 28.7 Å². The van der Waals surface area contributed by atoms with Crippen LogP contribution in [0.25, 0.3) is 0 Å². The smallest absolute Gasteiger partial charge is 0.238 e. The molecule has 0 aromatic heterocycles. The SMILES string of the molecule is CC#CCCNCC(=O)Nc1ccc(Br)cc1. The van der Waals surface area contributed by atoms with Crippen LogP contribution in [0, 0.1) is 11.8 Å². The van der Waals surface area contributed by atoms with Crippen LogP contribution in [0.4, 0.5) is 5.69 Å². The Bertz CT molecular complexity index is 417. The van der Waals surface area contributed by atoms with Crippen LogP contribution < -0.4 is 10.6 Å². The zero-order valence-electron chi connectivity index (χ0n) is 9.72. The lowest BCUT2D eigenvalue weighted by Crippen LogP contribution is -2.28. The van der Waals surface area contributed by atoms with Crippen molar-refractivity contribution in [1.82, 2.24) is 5.32 Å². The van der Waals surface area contributed by atoms with Crippen LogP contribution in [-0.4, -0.2) is 19.0 Å². The first-order valence-corrected chi connectivity index (χ1v) is 6.17. The van der Waals surface area contributed by atoms with E-state index in [0.29, 0.717) is 6.54 Å². The minimum absolute atomic E-state index is 0.0446. The van der Waals surface area contributed by atoms with Gasteiger partial charge >= 0.3 is 0 Å². The first-order valence-electron chi connectivity index (χ1n) is 5.38. The topological polar surface area (TPSA) is 41.1 Å². The monoisotopic (exact) mass is 294 g/mol. The summed E-state index contributed by atoms with van der Waals surface area (Å²) in [5, 5.41) is 5.83. The van der Waals surface area contributed by atoms with Crippen molar-refractivity contribution in [3.63, 3.8) is 0 Å². The molecule has 0 spiro atoms. The molecule has 17 heavy (non-hydrogen) atoms. The van der Waals surface area contributed by atoms with Gasteiger partial charge in [-0.1, -0.05) is 15.9 Å². The van der Waals surface area contributed by atoms with Gasteiger partial charge < -0.3 is 10.6 Å². The van der Waals surface area contributed by atoms with Crippen LogP contribution in [0.1, 0.15) is 13.3 Å². The van der Waals surface area contributed by atoms with Crippen LogP contribution in [0.5, 0.6) is 0 Å². The molecule has 1 rings (SSSR count). The standard InChI is InChI=1S/C13H15BrN2O/c1-2-3-4-9-15-10-13(17)16-12-7-5-11(14)6-8-12/h5-8,15H,4,9-10H2,1H3,(H,16,17). The van der Waals surface area contributed by atoms with E-state index in [1.165, 1.54) is 0 Å². The maximum absolute atomic E-state index is 11.5. The van der Waals surface area contributed by atoms with Crippen molar-refractivity contribution < 1.29 is 4.79 Å². The van der Waals surface area contributed by atoms with Crippen molar-refractivity contribution in [2.45, 2.75) is 13.3 Å². The predicted octanol–water partition coefficient (Wildman–Crippen LogP) is 2.39. The van der Waals surface area contributed by atoms with E-state index in [0.717, 1.165) is 23.1 Å². The number of hydrogen-bond acceptors (Lipinski definition) is 2. The summed E-state index contributed by atoms with van der Waals surface area (Å²) < 4.78 is 0.992. The third-order valence-electron chi connectivity index (χ3n) is 2.02. The maximum atomic E-state index is 11.5. The van der Waals surface area contributed by atoms with Gasteiger partial charge in [-0.2, -0.15) is 0 Å². The third-order valence-corrected chi connectivity index (χ3v) is 2.55. The maximum Gasteiger partial charge on any atom is 0.238 e. The fraction of sp³-hybridized carbons (Fsp3) is 0.308. The molecule has 0 unspecified atom stereocenters. The van der Waals surface area contributed by atoms with Crippen molar-refractivity contribution in [3.8, 4) is 11.8 Å². The Morgan fingerprint density at radius 3 is 2.71 bits per heavy atom. The van der Waals surface area contributed by atoms with Crippen LogP contribution >= 0.6 is 15.9 Å². The number of rotatable bonds is 5. The highest BCUT2D eigenvalue weighted by Gasteiger charge is 2.00. The molecule has 1 amide bonds. The highest BCUT2D eigenvalue weighted by molar-refractivity contribution is 9.10. The second kappa shape index (κ2) is 7.88. The van der Waals surface area contributed by atoms with Gasteiger partial charge in [-0.05, 0) is 31.2 Å². The summed E-state index contributed by atoms with van der Waals surface area (Å²) in [6.07, 6.45) is 0.766. The molecule has 0 fully saturated rings. The van der Waals surface area contributed by atoms with E-state index in [4.69, 9.17) is 0 Å². The van der Waals surface area contributed by atoms with E-state index in [1.807, 2.05) is 24.3 Å². The lowest BCUT2D eigenvalue weighted by atomic mass is 10.3. The lowest BCUT2D eigenvalue weighted by molar-refractivity contribution is -0.115. The molecule has 0 saturated carbocycles. The molecule has 1 aromatic carbocycles. The number of hydrogen-bond donors (Lipinski definition) is 2. The van der Waals surface area contributed by atoms with Gasteiger partial charge in [0.25, 0.3) is 0 Å². The number of amides is 1. The van der Waals surface area contributed by atoms with Gasteiger partial charge in [0.2, 0.25) is 5.91 Å². The van der Waals surface area contributed by atoms with Crippen molar-refractivity contribution >= 4 is 27.5 Å². The highest BCUT2D eigenvalue weighted by atomic mass is 79.9. The summed E-state index contributed by atoms with van der Waals surface area (Å²) in [4.78, 5) is 11.5. The largest absolute Gasteiger partial charge is 0.325 e. The van der Waals surface area contributed by atoms with Gasteiger partial charge in [0.15, 0.2) is 0 Å².